The Hall–Kier alpha value is -1.58. The Bertz CT molecular complexity index is 528. The van der Waals surface area contributed by atoms with E-state index in [2.05, 4.69) is 31.4 Å². The predicted octanol–water partition coefficient (Wildman–Crippen LogP) is 4.41. The van der Waals surface area contributed by atoms with Gasteiger partial charge in [0.05, 0.1) is 5.69 Å². The van der Waals surface area contributed by atoms with Crippen LogP contribution in [0.2, 0.25) is 0 Å². The average molecular weight is 292 g/mol. The van der Waals surface area contributed by atoms with E-state index in [1.165, 1.54) is 13.0 Å². The van der Waals surface area contributed by atoms with E-state index in [1.807, 2.05) is 0 Å². The molecule has 21 heavy (non-hydrogen) atoms. The maximum absolute atomic E-state index is 14.0. The van der Waals surface area contributed by atoms with Gasteiger partial charge in [0, 0.05) is 18.7 Å². The minimum absolute atomic E-state index is 0.152. The number of nitrogens with one attached hydrogen (secondary N) is 2. The lowest BCUT2D eigenvalue weighted by Crippen LogP contribution is -2.37. The number of halogens is 1. The van der Waals surface area contributed by atoms with Gasteiger partial charge < -0.3 is 10.6 Å². The van der Waals surface area contributed by atoms with E-state index in [4.69, 9.17) is 0 Å². The van der Waals surface area contributed by atoms with E-state index in [0.29, 0.717) is 22.7 Å². The fourth-order valence-electron chi connectivity index (χ4n) is 3.28. The van der Waals surface area contributed by atoms with E-state index < -0.39 is 0 Å². The van der Waals surface area contributed by atoms with E-state index in [1.54, 1.807) is 12.1 Å². The number of hydrogen-bond donors (Lipinski definition) is 2. The molecule has 116 valence electrons. The first-order chi connectivity index (χ1) is 9.77. The van der Waals surface area contributed by atoms with Gasteiger partial charge in [-0.05, 0) is 48.8 Å². The Morgan fingerprint density at radius 1 is 1.38 bits per heavy atom. The number of amides is 1. The van der Waals surface area contributed by atoms with Crippen molar-refractivity contribution in [3.8, 4) is 0 Å². The van der Waals surface area contributed by atoms with Crippen LogP contribution < -0.4 is 10.6 Å². The molecule has 0 radical (unpaired) electrons. The van der Waals surface area contributed by atoms with Crippen molar-refractivity contribution in [2.24, 2.45) is 11.3 Å². The van der Waals surface area contributed by atoms with Crippen LogP contribution in [0.3, 0.4) is 0 Å². The van der Waals surface area contributed by atoms with Crippen LogP contribution in [0, 0.1) is 17.2 Å². The minimum Gasteiger partial charge on any atom is -0.380 e. The first-order valence-electron chi connectivity index (χ1n) is 7.60. The molecular formula is C17H25FN2O. The van der Waals surface area contributed by atoms with Crippen LogP contribution in [0.15, 0.2) is 18.2 Å². The molecule has 1 aliphatic carbocycles. The topological polar surface area (TPSA) is 41.1 Å². The molecule has 0 aliphatic heterocycles. The van der Waals surface area contributed by atoms with Crippen molar-refractivity contribution >= 4 is 17.3 Å². The summed E-state index contributed by atoms with van der Waals surface area (Å²) in [6.45, 7) is 8.24. The van der Waals surface area contributed by atoms with Crippen LogP contribution >= 0.6 is 0 Å². The molecule has 0 bridgehead atoms. The molecular weight excluding hydrogens is 267 g/mol. The standard InChI is InChI=1S/C17H25FN2O/c1-11-10-17(3,4)8-7-15(11)20-16-9-13(19-12(2)21)5-6-14(16)18/h5-6,9,11,15,20H,7-8,10H2,1-4H3,(H,19,21). The highest BCUT2D eigenvalue weighted by Gasteiger charge is 2.32. The van der Waals surface area contributed by atoms with E-state index in [-0.39, 0.29) is 17.8 Å². The third-order valence-electron chi connectivity index (χ3n) is 4.32. The highest BCUT2D eigenvalue weighted by Crippen LogP contribution is 2.39. The van der Waals surface area contributed by atoms with Crippen molar-refractivity contribution in [3.05, 3.63) is 24.0 Å². The van der Waals surface area contributed by atoms with Crippen LogP contribution in [0.5, 0.6) is 0 Å². The second-order valence-electron chi connectivity index (χ2n) is 7.01. The molecule has 1 fully saturated rings. The van der Waals surface area contributed by atoms with E-state index in [0.717, 1.165) is 19.3 Å². The SMILES string of the molecule is CC(=O)Nc1ccc(F)c(NC2CCC(C)(C)CC2C)c1. The van der Waals surface area contributed by atoms with Crippen molar-refractivity contribution in [2.45, 2.75) is 53.0 Å². The maximum atomic E-state index is 14.0. The van der Waals surface area contributed by atoms with Crippen molar-refractivity contribution in [1.29, 1.82) is 0 Å². The Kier molecular flexibility index (Phi) is 4.55. The second-order valence-corrected chi connectivity index (χ2v) is 7.01. The zero-order chi connectivity index (χ0) is 15.6. The van der Waals surface area contributed by atoms with E-state index >= 15 is 0 Å². The van der Waals surface area contributed by atoms with Gasteiger partial charge in [0.1, 0.15) is 5.82 Å². The normalized spacial score (nSPS) is 24.4. The van der Waals surface area contributed by atoms with Crippen molar-refractivity contribution in [2.75, 3.05) is 10.6 Å². The lowest BCUT2D eigenvalue weighted by molar-refractivity contribution is -0.114. The molecule has 0 saturated heterocycles. The highest BCUT2D eigenvalue weighted by atomic mass is 19.1. The highest BCUT2D eigenvalue weighted by molar-refractivity contribution is 5.89. The van der Waals surface area contributed by atoms with Gasteiger partial charge in [0.25, 0.3) is 0 Å². The maximum Gasteiger partial charge on any atom is 0.221 e. The number of anilines is 2. The molecule has 0 aromatic heterocycles. The largest absolute Gasteiger partial charge is 0.380 e. The van der Waals surface area contributed by atoms with Gasteiger partial charge in [-0.25, -0.2) is 4.39 Å². The predicted molar refractivity (Wildman–Crippen MR) is 84.9 cm³/mol. The van der Waals surface area contributed by atoms with Gasteiger partial charge in [-0.2, -0.15) is 0 Å². The fourth-order valence-corrected chi connectivity index (χ4v) is 3.28. The molecule has 1 aromatic rings. The van der Waals surface area contributed by atoms with Crippen LogP contribution in [0.25, 0.3) is 0 Å². The molecule has 0 spiro atoms. The monoisotopic (exact) mass is 292 g/mol. The summed E-state index contributed by atoms with van der Waals surface area (Å²) in [7, 11) is 0. The number of hydrogen-bond acceptors (Lipinski definition) is 2. The molecule has 4 heteroatoms. The molecule has 1 aliphatic rings. The number of rotatable bonds is 3. The second kappa shape index (κ2) is 6.04. The molecule has 0 heterocycles. The lowest BCUT2D eigenvalue weighted by atomic mass is 9.70. The zero-order valence-electron chi connectivity index (χ0n) is 13.3. The van der Waals surface area contributed by atoms with Gasteiger partial charge in [-0.3, -0.25) is 4.79 Å². The van der Waals surface area contributed by atoms with Gasteiger partial charge in [0.2, 0.25) is 5.91 Å². The minimum atomic E-state index is -0.277. The third-order valence-corrected chi connectivity index (χ3v) is 4.32. The fraction of sp³-hybridized carbons (Fsp3) is 0.588. The molecule has 3 nitrogen and oxygen atoms in total. The molecule has 2 atom stereocenters. The van der Waals surface area contributed by atoms with Gasteiger partial charge >= 0.3 is 0 Å². The average Bonchev–Trinajstić information content (AvgIpc) is 2.35. The van der Waals surface area contributed by atoms with Gasteiger partial charge in [-0.15, -0.1) is 0 Å². The Morgan fingerprint density at radius 3 is 2.71 bits per heavy atom. The van der Waals surface area contributed by atoms with Crippen LogP contribution in [-0.4, -0.2) is 11.9 Å². The van der Waals surface area contributed by atoms with E-state index in [9.17, 15) is 9.18 Å². The Morgan fingerprint density at radius 2 is 2.10 bits per heavy atom. The quantitative estimate of drug-likeness (QED) is 0.866. The summed E-state index contributed by atoms with van der Waals surface area (Å²) >= 11 is 0. The summed E-state index contributed by atoms with van der Waals surface area (Å²) in [6.07, 6.45) is 3.32. The molecule has 2 N–H and O–H groups in total. The van der Waals surface area contributed by atoms with Gasteiger partial charge in [0.15, 0.2) is 0 Å². The molecule has 1 saturated carbocycles. The van der Waals surface area contributed by atoms with Crippen LogP contribution in [0.4, 0.5) is 15.8 Å². The lowest BCUT2D eigenvalue weighted by Gasteiger charge is -2.40. The summed E-state index contributed by atoms with van der Waals surface area (Å²) in [5.41, 5.74) is 1.46. The number of benzene rings is 1. The Balaban J connectivity index is 2.10. The third kappa shape index (κ3) is 4.19. The Labute approximate surface area is 126 Å². The van der Waals surface area contributed by atoms with Crippen LogP contribution in [-0.2, 0) is 4.79 Å². The number of carbonyl (C=O) groups is 1. The van der Waals surface area contributed by atoms with Crippen LogP contribution in [0.1, 0.15) is 47.0 Å². The summed E-state index contributed by atoms with van der Waals surface area (Å²) in [5, 5.41) is 6.01. The summed E-state index contributed by atoms with van der Waals surface area (Å²) < 4.78 is 14.0. The summed E-state index contributed by atoms with van der Waals surface area (Å²) in [6, 6.07) is 4.92. The van der Waals surface area contributed by atoms with Crippen molar-refractivity contribution in [3.63, 3.8) is 0 Å². The number of carbonyl (C=O) groups excluding carboxylic acids is 1. The molecule has 1 aromatic carbocycles. The van der Waals surface area contributed by atoms with Crippen molar-refractivity contribution < 1.29 is 9.18 Å². The summed E-state index contributed by atoms with van der Waals surface area (Å²) in [4.78, 5) is 11.1. The van der Waals surface area contributed by atoms with Gasteiger partial charge in [-0.1, -0.05) is 20.8 Å². The van der Waals surface area contributed by atoms with Crippen molar-refractivity contribution in [1.82, 2.24) is 0 Å². The first-order valence-corrected chi connectivity index (χ1v) is 7.60. The zero-order valence-corrected chi connectivity index (χ0v) is 13.3. The molecule has 2 rings (SSSR count). The molecule has 1 amide bonds. The smallest absolute Gasteiger partial charge is 0.221 e. The molecule has 2 unspecified atom stereocenters. The summed E-state index contributed by atoms with van der Waals surface area (Å²) in [5.74, 6) is 0.0686. The first kappa shape index (κ1) is 15.8.